The molecular weight excluding hydrogens is 323 g/mol. The van der Waals surface area contributed by atoms with Gasteiger partial charge in [-0.1, -0.05) is 12.1 Å². The van der Waals surface area contributed by atoms with Gasteiger partial charge < -0.3 is 10.5 Å². The van der Waals surface area contributed by atoms with Crippen LogP contribution in [0.4, 0.5) is 10.2 Å². The smallest absolute Gasteiger partial charge is 0.166 e. The number of halogens is 2. The van der Waals surface area contributed by atoms with Gasteiger partial charge in [0, 0.05) is 16.6 Å². The van der Waals surface area contributed by atoms with Crippen LogP contribution < -0.4 is 10.5 Å². The standard InChI is InChI=1S/C15H14BrFN2O/c16-11-7-13(15(18)19-8-11)20-14(9-4-5-9)10-2-1-3-12(17)6-10/h1-3,6-9,14H,4-5H2,(H2,18,19). The minimum Gasteiger partial charge on any atom is -0.482 e. The molecule has 1 fully saturated rings. The van der Waals surface area contributed by atoms with Crippen molar-refractivity contribution in [3.8, 4) is 5.75 Å². The Hall–Kier alpha value is -1.62. The highest BCUT2D eigenvalue weighted by molar-refractivity contribution is 9.10. The first kappa shape index (κ1) is 13.4. The molecule has 104 valence electrons. The molecule has 1 saturated carbocycles. The lowest BCUT2D eigenvalue weighted by molar-refractivity contribution is 0.181. The van der Waals surface area contributed by atoms with Crippen molar-refractivity contribution in [1.29, 1.82) is 0 Å². The molecule has 5 heteroatoms. The highest BCUT2D eigenvalue weighted by atomic mass is 79.9. The van der Waals surface area contributed by atoms with E-state index in [4.69, 9.17) is 10.5 Å². The zero-order valence-electron chi connectivity index (χ0n) is 10.7. The molecule has 0 bridgehead atoms. The van der Waals surface area contributed by atoms with E-state index in [2.05, 4.69) is 20.9 Å². The summed E-state index contributed by atoms with van der Waals surface area (Å²) in [6.45, 7) is 0. The molecule has 1 unspecified atom stereocenters. The highest BCUT2D eigenvalue weighted by Crippen LogP contribution is 2.44. The summed E-state index contributed by atoms with van der Waals surface area (Å²) >= 11 is 3.35. The molecule has 3 rings (SSSR count). The van der Waals surface area contributed by atoms with Gasteiger partial charge in [-0.25, -0.2) is 9.37 Å². The van der Waals surface area contributed by atoms with Crippen molar-refractivity contribution in [3.63, 3.8) is 0 Å². The Morgan fingerprint density at radius 3 is 2.85 bits per heavy atom. The van der Waals surface area contributed by atoms with Crippen LogP contribution in [0.5, 0.6) is 5.75 Å². The van der Waals surface area contributed by atoms with Crippen molar-refractivity contribution in [2.75, 3.05) is 5.73 Å². The molecule has 1 aliphatic rings. The zero-order valence-corrected chi connectivity index (χ0v) is 12.3. The maximum absolute atomic E-state index is 13.4. The lowest BCUT2D eigenvalue weighted by Gasteiger charge is -2.20. The predicted octanol–water partition coefficient (Wildman–Crippen LogP) is 4.10. The second-order valence-electron chi connectivity index (χ2n) is 4.97. The van der Waals surface area contributed by atoms with E-state index < -0.39 is 0 Å². The molecule has 2 N–H and O–H groups in total. The van der Waals surface area contributed by atoms with Gasteiger partial charge in [-0.2, -0.15) is 0 Å². The van der Waals surface area contributed by atoms with E-state index in [1.807, 2.05) is 6.07 Å². The number of ether oxygens (including phenoxy) is 1. The first-order valence-electron chi connectivity index (χ1n) is 6.46. The minimum atomic E-state index is -0.253. The molecule has 3 nitrogen and oxygen atoms in total. The summed E-state index contributed by atoms with van der Waals surface area (Å²) in [6.07, 6.45) is 3.62. The van der Waals surface area contributed by atoms with Crippen LogP contribution in [0.2, 0.25) is 0 Å². The molecule has 0 aliphatic heterocycles. The second kappa shape index (κ2) is 5.40. The molecule has 2 aromatic rings. The van der Waals surface area contributed by atoms with Crippen molar-refractivity contribution in [1.82, 2.24) is 4.98 Å². The summed E-state index contributed by atoms with van der Waals surface area (Å²) < 4.78 is 20.2. The molecule has 1 aliphatic carbocycles. The largest absolute Gasteiger partial charge is 0.482 e. The number of nitrogen functional groups attached to an aromatic ring is 1. The summed E-state index contributed by atoms with van der Waals surface area (Å²) in [6, 6.07) is 8.32. The maximum Gasteiger partial charge on any atom is 0.166 e. The van der Waals surface area contributed by atoms with E-state index in [0.717, 1.165) is 22.9 Å². The molecule has 1 heterocycles. The fourth-order valence-electron chi connectivity index (χ4n) is 2.18. The highest BCUT2D eigenvalue weighted by Gasteiger charge is 2.34. The maximum atomic E-state index is 13.4. The number of rotatable bonds is 4. The third-order valence-electron chi connectivity index (χ3n) is 3.33. The van der Waals surface area contributed by atoms with Gasteiger partial charge >= 0.3 is 0 Å². The van der Waals surface area contributed by atoms with Crippen molar-refractivity contribution >= 4 is 21.7 Å². The second-order valence-corrected chi connectivity index (χ2v) is 5.88. The molecule has 0 amide bonds. The van der Waals surface area contributed by atoms with Gasteiger partial charge in [0.2, 0.25) is 0 Å². The monoisotopic (exact) mass is 336 g/mol. The SMILES string of the molecule is Nc1ncc(Br)cc1OC(c1cccc(F)c1)C1CC1. The number of benzene rings is 1. The van der Waals surface area contributed by atoms with Gasteiger partial charge in [-0.05, 0) is 52.5 Å². The fourth-order valence-corrected chi connectivity index (χ4v) is 2.49. The third kappa shape index (κ3) is 2.93. The van der Waals surface area contributed by atoms with E-state index in [0.29, 0.717) is 17.5 Å². The number of hydrogen-bond acceptors (Lipinski definition) is 3. The van der Waals surface area contributed by atoms with E-state index in [9.17, 15) is 4.39 Å². The van der Waals surface area contributed by atoms with Crippen LogP contribution in [-0.4, -0.2) is 4.98 Å². The van der Waals surface area contributed by atoms with Gasteiger partial charge in [0.25, 0.3) is 0 Å². The molecule has 0 radical (unpaired) electrons. The van der Waals surface area contributed by atoms with Crippen molar-refractivity contribution in [2.45, 2.75) is 18.9 Å². The molecule has 1 aromatic heterocycles. The summed E-state index contributed by atoms with van der Waals surface area (Å²) in [5.74, 6) is 1.03. The Morgan fingerprint density at radius 2 is 2.15 bits per heavy atom. The van der Waals surface area contributed by atoms with Gasteiger partial charge in [0.05, 0.1) is 0 Å². The van der Waals surface area contributed by atoms with Gasteiger partial charge in [0.1, 0.15) is 11.9 Å². The van der Waals surface area contributed by atoms with E-state index in [-0.39, 0.29) is 11.9 Å². The quantitative estimate of drug-likeness (QED) is 0.914. The van der Waals surface area contributed by atoms with Gasteiger partial charge in [-0.15, -0.1) is 0 Å². The van der Waals surface area contributed by atoms with Crippen molar-refractivity contribution in [2.24, 2.45) is 5.92 Å². The molecule has 20 heavy (non-hydrogen) atoms. The van der Waals surface area contributed by atoms with Crippen LogP contribution in [0, 0.1) is 11.7 Å². The van der Waals surface area contributed by atoms with E-state index in [1.165, 1.54) is 12.1 Å². The lowest BCUT2D eigenvalue weighted by Crippen LogP contribution is -2.11. The number of pyridine rings is 1. The third-order valence-corrected chi connectivity index (χ3v) is 3.76. The summed E-state index contributed by atoms with van der Waals surface area (Å²) in [4.78, 5) is 4.05. The topological polar surface area (TPSA) is 48.1 Å². The Morgan fingerprint density at radius 1 is 1.35 bits per heavy atom. The van der Waals surface area contributed by atoms with Crippen LogP contribution in [-0.2, 0) is 0 Å². The Bertz CT molecular complexity index is 631. The first-order chi connectivity index (χ1) is 9.63. The molecule has 0 spiro atoms. The number of aromatic nitrogens is 1. The van der Waals surface area contributed by atoms with Crippen LogP contribution in [0.25, 0.3) is 0 Å². The van der Waals surface area contributed by atoms with Crippen LogP contribution >= 0.6 is 15.9 Å². The Kier molecular flexibility index (Phi) is 3.61. The van der Waals surface area contributed by atoms with Crippen molar-refractivity contribution < 1.29 is 9.13 Å². The lowest BCUT2D eigenvalue weighted by atomic mass is 10.1. The van der Waals surface area contributed by atoms with E-state index in [1.54, 1.807) is 18.3 Å². The fraction of sp³-hybridized carbons (Fsp3) is 0.267. The number of nitrogens with two attached hydrogens (primary N) is 1. The molecular formula is C15H14BrFN2O. The number of hydrogen-bond donors (Lipinski definition) is 1. The average Bonchev–Trinajstić information content (AvgIpc) is 3.24. The van der Waals surface area contributed by atoms with E-state index >= 15 is 0 Å². The van der Waals surface area contributed by atoms with Crippen LogP contribution in [0.1, 0.15) is 24.5 Å². The van der Waals surface area contributed by atoms with Gasteiger partial charge in [-0.3, -0.25) is 0 Å². The Labute approximate surface area is 125 Å². The first-order valence-corrected chi connectivity index (χ1v) is 7.26. The Balaban J connectivity index is 1.90. The van der Waals surface area contributed by atoms with Gasteiger partial charge in [0.15, 0.2) is 11.6 Å². The summed E-state index contributed by atoms with van der Waals surface area (Å²) in [7, 11) is 0. The summed E-state index contributed by atoms with van der Waals surface area (Å²) in [5.41, 5.74) is 6.67. The average molecular weight is 337 g/mol. The number of anilines is 1. The van der Waals surface area contributed by atoms with Crippen LogP contribution in [0.15, 0.2) is 41.0 Å². The minimum absolute atomic E-state index is 0.177. The molecule has 0 saturated heterocycles. The molecule has 1 aromatic carbocycles. The zero-order chi connectivity index (χ0) is 14.1. The number of nitrogens with zero attached hydrogens (tertiary/aromatic N) is 1. The van der Waals surface area contributed by atoms with Crippen LogP contribution in [0.3, 0.4) is 0 Å². The molecule has 1 atom stereocenters. The summed E-state index contributed by atoms with van der Waals surface area (Å²) in [5, 5.41) is 0. The normalized spacial score (nSPS) is 15.9. The predicted molar refractivity (Wildman–Crippen MR) is 78.8 cm³/mol. The van der Waals surface area contributed by atoms with Crippen molar-refractivity contribution in [3.05, 3.63) is 52.4 Å².